The number of halogens is 2. The Hall–Kier alpha value is -2.40. The van der Waals surface area contributed by atoms with Gasteiger partial charge in [0.05, 0.1) is 11.6 Å². The zero-order valence-corrected chi connectivity index (χ0v) is 15.7. The maximum absolute atomic E-state index is 13.5. The molecule has 138 valence electrons. The Morgan fingerprint density at radius 2 is 1.77 bits per heavy atom. The van der Waals surface area contributed by atoms with Gasteiger partial charge in [-0.1, -0.05) is 43.6 Å². The van der Waals surface area contributed by atoms with Crippen LogP contribution in [0.15, 0.2) is 48.5 Å². The van der Waals surface area contributed by atoms with Crippen LogP contribution in [0.5, 0.6) is 0 Å². The zero-order valence-electron chi connectivity index (χ0n) is 14.9. The summed E-state index contributed by atoms with van der Waals surface area (Å²) in [6.07, 6.45) is 0. The van der Waals surface area contributed by atoms with E-state index in [-0.39, 0.29) is 17.5 Å². The van der Waals surface area contributed by atoms with Crippen molar-refractivity contribution in [3.63, 3.8) is 0 Å². The maximum atomic E-state index is 13.5. The third-order valence-electron chi connectivity index (χ3n) is 3.71. The van der Waals surface area contributed by atoms with Crippen molar-refractivity contribution in [1.82, 2.24) is 0 Å². The number of carbonyl (C=O) groups excluding carboxylic acids is 2. The Bertz CT molecular complexity index is 780. The van der Waals surface area contributed by atoms with Crippen molar-refractivity contribution < 1.29 is 18.7 Å². The second kappa shape index (κ2) is 8.81. The van der Waals surface area contributed by atoms with Crippen LogP contribution in [0.1, 0.15) is 31.1 Å². The van der Waals surface area contributed by atoms with Gasteiger partial charge in [-0.05, 0) is 43.2 Å². The number of hydrogen-bond donors (Lipinski definition) is 0. The van der Waals surface area contributed by atoms with E-state index in [0.717, 1.165) is 6.07 Å². The fraction of sp³-hybridized carbons (Fsp3) is 0.300. The molecule has 1 atom stereocenters. The summed E-state index contributed by atoms with van der Waals surface area (Å²) in [5.74, 6) is -1.37. The Labute approximate surface area is 157 Å². The van der Waals surface area contributed by atoms with Gasteiger partial charge in [0, 0.05) is 11.3 Å². The predicted molar refractivity (Wildman–Crippen MR) is 99.9 cm³/mol. The molecule has 0 aliphatic rings. The molecule has 1 amide bonds. The van der Waals surface area contributed by atoms with Gasteiger partial charge in [-0.25, -0.2) is 9.18 Å². The molecule has 0 N–H and O–H groups in total. The van der Waals surface area contributed by atoms with Gasteiger partial charge < -0.3 is 4.74 Å². The van der Waals surface area contributed by atoms with Crippen molar-refractivity contribution in [3.05, 3.63) is 64.9 Å². The van der Waals surface area contributed by atoms with E-state index >= 15 is 0 Å². The van der Waals surface area contributed by atoms with Crippen LogP contribution in [0.4, 0.5) is 10.1 Å². The van der Waals surface area contributed by atoms with Crippen molar-refractivity contribution in [2.45, 2.75) is 26.8 Å². The van der Waals surface area contributed by atoms with E-state index in [0.29, 0.717) is 11.3 Å². The number of rotatable bonds is 6. The largest absolute Gasteiger partial charge is 0.464 e. The third kappa shape index (κ3) is 4.82. The molecule has 26 heavy (non-hydrogen) atoms. The number of anilines is 1. The van der Waals surface area contributed by atoms with Crippen LogP contribution in [-0.4, -0.2) is 24.5 Å². The Kier molecular flexibility index (Phi) is 6.75. The van der Waals surface area contributed by atoms with Crippen molar-refractivity contribution in [1.29, 1.82) is 0 Å². The normalized spacial score (nSPS) is 11.9. The molecule has 0 aliphatic carbocycles. The van der Waals surface area contributed by atoms with E-state index in [4.69, 9.17) is 16.3 Å². The first kappa shape index (κ1) is 19.9. The number of esters is 1. The second-order valence-corrected chi connectivity index (χ2v) is 6.75. The van der Waals surface area contributed by atoms with Gasteiger partial charge in [-0.15, -0.1) is 0 Å². The lowest BCUT2D eigenvalue weighted by atomic mass is 10.1. The molecule has 1 unspecified atom stereocenters. The molecule has 4 nitrogen and oxygen atoms in total. The summed E-state index contributed by atoms with van der Waals surface area (Å²) in [7, 11) is 0. The van der Waals surface area contributed by atoms with E-state index in [1.807, 2.05) is 13.8 Å². The van der Waals surface area contributed by atoms with Crippen molar-refractivity contribution in [3.8, 4) is 0 Å². The minimum Gasteiger partial charge on any atom is -0.464 e. The summed E-state index contributed by atoms with van der Waals surface area (Å²) in [6.45, 7) is 5.66. The molecule has 0 saturated carbocycles. The zero-order chi connectivity index (χ0) is 19.3. The van der Waals surface area contributed by atoms with Gasteiger partial charge in [-0.2, -0.15) is 0 Å². The monoisotopic (exact) mass is 377 g/mol. The molecule has 0 spiro atoms. The number of ether oxygens (including phenoxy) is 1. The summed E-state index contributed by atoms with van der Waals surface area (Å²) < 4.78 is 18.8. The lowest BCUT2D eigenvalue weighted by molar-refractivity contribution is -0.145. The van der Waals surface area contributed by atoms with Gasteiger partial charge >= 0.3 is 5.97 Å². The van der Waals surface area contributed by atoms with Crippen LogP contribution in [0, 0.1) is 11.7 Å². The first-order chi connectivity index (χ1) is 12.3. The van der Waals surface area contributed by atoms with Crippen LogP contribution in [0.2, 0.25) is 5.02 Å². The van der Waals surface area contributed by atoms with E-state index in [1.165, 1.54) is 17.0 Å². The van der Waals surface area contributed by atoms with Crippen LogP contribution >= 0.6 is 11.6 Å². The summed E-state index contributed by atoms with van der Waals surface area (Å²) in [5.41, 5.74) is 0.718. The van der Waals surface area contributed by atoms with Crippen molar-refractivity contribution in [2.24, 2.45) is 5.92 Å². The third-order valence-corrected chi connectivity index (χ3v) is 4.00. The summed E-state index contributed by atoms with van der Waals surface area (Å²) in [5, 5.41) is -0.129. The first-order valence-electron chi connectivity index (χ1n) is 8.31. The van der Waals surface area contributed by atoms with Gasteiger partial charge in [-0.3, -0.25) is 9.69 Å². The van der Waals surface area contributed by atoms with Crippen LogP contribution in [-0.2, 0) is 9.53 Å². The number of amides is 1. The second-order valence-electron chi connectivity index (χ2n) is 6.34. The molecule has 0 heterocycles. The van der Waals surface area contributed by atoms with E-state index in [9.17, 15) is 14.0 Å². The summed E-state index contributed by atoms with van der Waals surface area (Å²) in [4.78, 5) is 26.7. The number of benzene rings is 2. The van der Waals surface area contributed by atoms with Crippen LogP contribution < -0.4 is 4.90 Å². The lowest BCUT2D eigenvalue weighted by Gasteiger charge is -2.28. The molecule has 2 aromatic rings. The highest BCUT2D eigenvalue weighted by Crippen LogP contribution is 2.26. The minimum absolute atomic E-state index is 0.129. The minimum atomic E-state index is -0.900. The fourth-order valence-electron chi connectivity index (χ4n) is 2.35. The molecular formula is C20H21ClFNO3. The Morgan fingerprint density at radius 3 is 2.35 bits per heavy atom. The molecule has 0 fully saturated rings. The molecule has 2 aromatic carbocycles. The van der Waals surface area contributed by atoms with Gasteiger partial charge in [0.25, 0.3) is 5.91 Å². The molecule has 0 bridgehead atoms. The Morgan fingerprint density at radius 1 is 1.12 bits per heavy atom. The molecular weight excluding hydrogens is 357 g/mol. The maximum Gasteiger partial charge on any atom is 0.328 e. The summed E-state index contributed by atoms with van der Waals surface area (Å²) in [6, 6.07) is 11.5. The molecule has 0 radical (unpaired) electrons. The van der Waals surface area contributed by atoms with E-state index in [1.54, 1.807) is 37.3 Å². The van der Waals surface area contributed by atoms with Crippen LogP contribution in [0.3, 0.4) is 0 Å². The average Bonchev–Trinajstić information content (AvgIpc) is 2.63. The van der Waals surface area contributed by atoms with Crippen molar-refractivity contribution in [2.75, 3.05) is 11.5 Å². The van der Waals surface area contributed by atoms with E-state index in [2.05, 4.69) is 0 Å². The van der Waals surface area contributed by atoms with Crippen molar-refractivity contribution >= 4 is 29.2 Å². The highest BCUT2D eigenvalue weighted by Gasteiger charge is 2.30. The highest BCUT2D eigenvalue weighted by atomic mass is 35.5. The molecule has 6 heteroatoms. The molecule has 0 saturated heterocycles. The molecule has 2 rings (SSSR count). The number of hydrogen-bond acceptors (Lipinski definition) is 3. The lowest BCUT2D eigenvalue weighted by Crippen LogP contribution is -2.44. The first-order valence-corrected chi connectivity index (χ1v) is 8.69. The highest BCUT2D eigenvalue weighted by molar-refractivity contribution is 6.31. The Balaban J connectivity index is 2.39. The number of carbonyl (C=O) groups is 2. The van der Waals surface area contributed by atoms with Gasteiger partial charge in [0.1, 0.15) is 11.9 Å². The van der Waals surface area contributed by atoms with E-state index < -0.39 is 23.7 Å². The average molecular weight is 378 g/mol. The molecule has 0 aromatic heterocycles. The number of nitrogens with zero attached hydrogens (tertiary/aromatic N) is 1. The van der Waals surface area contributed by atoms with Crippen LogP contribution in [0.25, 0.3) is 0 Å². The summed E-state index contributed by atoms with van der Waals surface area (Å²) >= 11 is 5.87. The topological polar surface area (TPSA) is 46.6 Å². The van der Waals surface area contributed by atoms with Gasteiger partial charge in [0.15, 0.2) is 0 Å². The fourth-order valence-corrected chi connectivity index (χ4v) is 2.52. The van der Waals surface area contributed by atoms with Gasteiger partial charge in [0.2, 0.25) is 0 Å². The smallest absolute Gasteiger partial charge is 0.328 e. The molecule has 0 aliphatic heterocycles. The quantitative estimate of drug-likeness (QED) is 0.685. The SMILES string of the molecule is CC(C)COC(=O)C(C)N(C(=O)c1ccccc1)c1ccc(F)c(Cl)c1. The predicted octanol–water partition coefficient (Wildman–Crippen LogP) is 4.71. The standard InChI is InChI=1S/C20H21ClFNO3/c1-13(2)12-26-20(25)14(3)23(16-9-10-18(22)17(21)11-16)19(24)15-7-5-4-6-8-15/h4-11,13-14H,12H2,1-3H3.